The minimum Gasteiger partial charge on any atom is -0.497 e. The van der Waals surface area contributed by atoms with E-state index in [0.29, 0.717) is 16.3 Å². The molecule has 0 aromatic heterocycles. The van der Waals surface area contributed by atoms with Crippen LogP contribution in [0, 0.1) is 0 Å². The number of methoxy groups -OCH3 is 1. The van der Waals surface area contributed by atoms with Gasteiger partial charge in [-0.25, -0.2) is 4.90 Å². The van der Waals surface area contributed by atoms with Crippen LogP contribution in [0.1, 0.15) is 12.0 Å². The number of rotatable bonds is 4. The Hall–Kier alpha value is -2.97. The van der Waals surface area contributed by atoms with Crippen LogP contribution >= 0.6 is 24.0 Å². The molecule has 2 aromatic carbocycles. The Morgan fingerprint density at radius 2 is 1.76 bits per heavy atom. The summed E-state index contributed by atoms with van der Waals surface area (Å²) in [6.45, 7) is 0. The van der Waals surface area contributed by atoms with E-state index in [0.717, 1.165) is 22.2 Å². The van der Waals surface area contributed by atoms with Gasteiger partial charge in [0.1, 0.15) is 16.1 Å². The molecule has 0 bridgehead atoms. The van der Waals surface area contributed by atoms with E-state index in [1.807, 2.05) is 12.1 Å². The lowest BCUT2D eigenvalue weighted by atomic mass is 10.2. The summed E-state index contributed by atoms with van der Waals surface area (Å²) in [5, 5.41) is 0. The Morgan fingerprint density at radius 1 is 1.07 bits per heavy atom. The minimum atomic E-state index is -0.919. The van der Waals surface area contributed by atoms with E-state index < -0.39 is 11.9 Å². The van der Waals surface area contributed by atoms with E-state index in [1.54, 1.807) is 55.7 Å². The van der Waals surface area contributed by atoms with Crippen molar-refractivity contribution in [3.8, 4) is 5.75 Å². The van der Waals surface area contributed by atoms with Crippen molar-refractivity contribution in [1.82, 2.24) is 4.90 Å². The number of amides is 3. The number of nitrogens with zero attached hydrogens (tertiary/aromatic N) is 2. The van der Waals surface area contributed by atoms with Crippen LogP contribution in [0.4, 0.5) is 5.69 Å². The summed E-state index contributed by atoms with van der Waals surface area (Å²) < 4.78 is 5.41. The standard InChI is InChI=1S/C21H16N2O4S2/c1-27-15-9-7-13(8-10-15)11-17-20(26)23(21(28)29-17)16-12-18(24)22(19(16)25)14-5-3-2-4-6-14/h2-11,16H,12H2,1H3/b17-11-. The van der Waals surface area contributed by atoms with Crippen LogP contribution in [0.15, 0.2) is 59.5 Å². The van der Waals surface area contributed by atoms with Gasteiger partial charge in [-0.3, -0.25) is 19.3 Å². The van der Waals surface area contributed by atoms with Crippen LogP contribution in [-0.2, 0) is 14.4 Å². The Bertz CT molecular complexity index is 1030. The summed E-state index contributed by atoms with van der Waals surface area (Å²) in [6, 6.07) is 15.0. The Morgan fingerprint density at radius 3 is 2.41 bits per heavy atom. The fourth-order valence-corrected chi connectivity index (χ4v) is 4.62. The van der Waals surface area contributed by atoms with Gasteiger partial charge in [0.15, 0.2) is 0 Å². The fourth-order valence-electron chi connectivity index (χ4n) is 3.27. The van der Waals surface area contributed by atoms with Crippen molar-refractivity contribution in [2.75, 3.05) is 12.0 Å². The fraction of sp³-hybridized carbons (Fsp3) is 0.143. The molecule has 1 unspecified atom stereocenters. The maximum atomic E-state index is 13.0. The highest BCUT2D eigenvalue weighted by atomic mass is 32.2. The number of anilines is 1. The molecule has 3 amide bonds. The van der Waals surface area contributed by atoms with E-state index in [-0.39, 0.29) is 22.6 Å². The first kappa shape index (κ1) is 19.4. The number of imide groups is 1. The summed E-state index contributed by atoms with van der Waals surface area (Å²) in [5.41, 5.74) is 1.30. The first-order valence-corrected chi connectivity index (χ1v) is 10.0. The molecule has 0 aliphatic carbocycles. The molecule has 2 fully saturated rings. The largest absolute Gasteiger partial charge is 0.497 e. The van der Waals surface area contributed by atoms with Gasteiger partial charge in [0, 0.05) is 0 Å². The van der Waals surface area contributed by atoms with Crippen LogP contribution in [-0.4, -0.2) is 40.1 Å². The molecule has 2 saturated heterocycles. The molecule has 1 atom stereocenters. The summed E-state index contributed by atoms with van der Waals surface area (Å²) in [4.78, 5) is 41.2. The zero-order chi connectivity index (χ0) is 20.5. The predicted octanol–water partition coefficient (Wildman–Crippen LogP) is 3.23. The third kappa shape index (κ3) is 3.56. The van der Waals surface area contributed by atoms with Crippen LogP contribution in [0.2, 0.25) is 0 Å². The van der Waals surface area contributed by atoms with Crippen LogP contribution in [0.3, 0.4) is 0 Å². The maximum Gasteiger partial charge on any atom is 0.266 e. The van der Waals surface area contributed by atoms with Crippen LogP contribution < -0.4 is 9.64 Å². The zero-order valence-electron chi connectivity index (χ0n) is 15.4. The van der Waals surface area contributed by atoms with Gasteiger partial charge >= 0.3 is 0 Å². The lowest BCUT2D eigenvalue weighted by molar-refractivity contribution is -0.129. The van der Waals surface area contributed by atoms with E-state index in [4.69, 9.17) is 17.0 Å². The molecule has 146 valence electrons. The number of para-hydroxylation sites is 1. The Balaban J connectivity index is 1.58. The molecule has 0 spiro atoms. The van der Waals surface area contributed by atoms with Gasteiger partial charge in [-0.05, 0) is 35.9 Å². The van der Waals surface area contributed by atoms with Gasteiger partial charge in [-0.1, -0.05) is 54.3 Å². The second-order valence-electron chi connectivity index (χ2n) is 6.45. The summed E-state index contributed by atoms with van der Waals surface area (Å²) in [7, 11) is 1.58. The molecule has 6 nitrogen and oxygen atoms in total. The van der Waals surface area contributed by atoms with Gasteiger partial charge in [0.2, 0.25) is 5.91 Å². The predicted molar refractivity (Wildman–Crippen MR) is 115 cm³/mol. The number of carbonyl (C=O) groups is 3. The third-order valence-corrected chi connectivity index (χ3v) is 6.02. The molecule has 2 aromatic rings. The van der Waals surface area contributed by atoms with Crippen molar-refractivity contribution in [3.05, 3.63) is 65.1 Å². The number of thiocarbonyl (C=S) groups is 1. The molecule has 4 rings (SSSR count). The zero-order valence-corrected chi connectivity index (χ0v) is 17.0. The number of hydrogen-bond donors (Lipinski definition) is 0. The topological polar surface area (TPSA) is 66.9 Å². The summed E-state index contributed by atoms with van der Waals surface area (Å²) in [5.74, 6) is -0.440. The van der Waals surface area contributed by atoms with E-state index in [9.17, 15) is 14.4 Å². The van der Waals surface area contributed by atoms with Crippen molar-refractivity contribution in [3.63, 3.8) is 0 Å². The summed E-state index contributed by atoms with van der Waals surface area (Å²) in [6.07, 6.45) is 1.63. The first-order chi connectivity index (χ1) is 14.0. The van der Waals surface area contributed by atoms with E-state index in [1.165, 1.54) is 4.90 Å². The molecule has 2 heterocycles. The first-order valence-electron chi connectivity index (χ1n) is 8.82. The Kier molecular flexibility index (Phi) is 5.21. The normalized spacial score (nSPS) is 20.9. The molecule has 0 saturated carbocycles. The lowest BCUT2D eigenvalue weighted by Gasteiger charge is -2.21. The van der Waals surface area contributed by atoms with Gasteiger partial charge in [0.05, 0.1) is 24.1 Å². The molecule has 29 heavy (non-hydrogen) atoms. The van der Waals surface area contributed by atoms with Crippen molar-refractivity contribution < 1.29 is 19.1 Å². The van der Waals surface area contributed by atoms with Crippen molar-refractivity contribution >= 4 is 57.8 Å². The molecule has 0 radical (unpaired) electrons. The van der Waals surface area contributed by atoms with Gasteiger partial charge in [-0.2, -0.15) is 0 Å². The third-order valence-electron chi connectivity index (χ3n) is 4.69. The maximum absolute atomic E-state index is 13.0. The van der Waals surface area contributed by atoms with Crippen LogP contribution in [0.5, 0.6) is 5.75 Å². The molecular formula is C21H16N2O4S2. The van der Waals surface area contributed by atoms with Gasteiger partial charge in [-0.15, -0.1) is 0 Å². The monoisotopic (exact) mass is 424 g/mol. The smallest absolute Gasteiger partial charge is 0.266 e. The van der Waals surface area contributed by atoms with Gasteiger partial charge in [0.25, 0.3) is 11.8 Å². The SMILES string of the molecule is COc1ccc(/C=C2\SC(=S)N(C3CC(=O)N(c4ccccc4)C3=O)C2=O)cc1. The van der Waals surface area contributed by atoms with Crippen molar-refractivity contribution in [2.24, 2.45) is 0 Å². The molecule has 2 aliphatic rings. The second kappa shape index (κ2) is 7.81. The minimum absolute atomic E-state index is 0.0873. The molecule has 2 aliphatic heterocycles. The van der Waals surface area contributed by atoms with Crippen molar-refractivity contribution in [2.45, 2.75) is 12.5 Å². The highest BCUT2D eigenvalue weighted by Gasteiger charge is 2.48. The number of benzene rings is 2. The van der Waals surface area contributed by atoms with Crippen LogP contribution in [0.25, 0.3) is 6.08 Å². The average Bonchev–Trinajstić information content (AvgIpc) is 3.17. The molecule has 8 heteroatoms. The quantitative estimate of drug-likeness (QED) is 0.427. The van der Waals surface area contributed by atoms with Crippen molar-refractivity contribution in [1.29, 1.82) is 0 Å². The van der Waals surface area contributed by atoms with E-state index >= 15 is 0 Å². The number of carbonyl (C=O) groups excluding carboxylic acids is 3. The van der Waals surface area contributed by atoms with Gasteiger partial charge < -0.3 is 4.74 Å². The molecular weight excluding hydrogens is 408 g/mol. The highest BCUT2D eigenvalue weighted by molar-refractivity contribution is 8.26. The second-order valence-corrected chi connectivity index (χ2v) is 8.12. The van der Waals surface area contributed by atoms with E-state index in [2.05, 4.69) is 0 Å². The number of thioether (sulfide) groups is 1. The number of ether oxygens (including phenoxy) is 1. The molecule has 0 N–H and O–H groups in total. The Labute approximate surface area is 177 Å². The average molecular weight is 425 g/mol. The highest BCUT2D eigenvalue weighted by Crippen LogP contribution is 2.37. The lowest BCUT2D eigenvalue weighted by Crippen LogP contribution is -2.44. The number of hydrogen-bond acceptors (Lipinski definition) is 6. The summed E-state index contributed by atoms with van der Waals surface area (Å²) >= 11 is 6.49.